The zero-order chi connectivity index (χ0) is 17.5. The molecule has 1 aromatic carbocycles. The number of hydrogen-bond donors (Lipinski definition) is 0. The molecule has 0 fully saturated rings. The monoisotopic (exact) mass is 414 g/mol. The molecule has 130 valence electrons. The zero-order valence-electron chi connectivity index (χ0n) is 13.6. The number of thiophene rings is 1. The molecule has 1 heterocycles. The largest absolute Gasteiger partial charge is 0.493 e. The Hall–Kier alpha value is -1.60. The smallest absolute Gasteiger partial charge is 0.305 e. The van der Waals surface area contributed by atoms with Crippen LogP contribution in [-0.4, -0.2) is 37.9 Å². The van der Waals surface area contributed by atoms with E-state index in [0.29, 0.717) is 23.0 Å². The van der Waals surface area contributed by atoms with Crippen LogP contribution >= 0.6 is 27.3 Å². The van der Waals surface area contributed by atoms with Crippen LogP contribution < -0.4 is 9.47 Å². The maximum Gasteiger partial charge on any atom is 0.305 e. The molecule has 0 saturated heterocycles. The molecule has 0 spiro atoms. The van der Waals surface area contributed by atoms with Gasteiger partial charge in [0.1, 0.15) is 0 Å². The van der Waals surface area contributed by atoms with E-state index < -0.39 is 0 Å². The van der Waals surface area contributed by atoms with Crippen LogP contribution in [0.5, 0.6) is 11.5 Å². The number of ketones is 1. The molecule has 0 N–H and O–H groups in total. The van der Waals surface area contributed by atoms with Crippen LogP contribution in [0.1, 0.15) is 28.9 Å². The van der Waals surface area contributed by atoms with E-state index in [1.54, 1.807) is 7.11 Å². The minimum atomic E-state index is -0.381. The number of fused-ring (bicyclic) bond motifs is 1. The average Bonchev–Trinajstić information content (AvgIpc) is 3.01. The number of Topliss-reactive ketones (excluding diaryl/α,β-unsaturated/α-hetero) is 1. The van der Waals surface area contributed by atoms with Gasteiger partial charge in [-0.2, -0.15) is 0 Å². The van der Waals surface area contributed by atoms with E-state index >= 15 is 0 Å². The first-order chi connectivity index (χ1) is 11.6. The van der Waals surface area contributed by atoms with Crippen LogP contribution in [0, 0.1) is 0 Å². The van der Waals surface area contributed by atoms with Crippen molar-refractivity contribution in [2.75, 3.05) is 26.2 Å². The van der Waals surface area contributed by atoms with Crippen molar-refractivity contribution >= 4 is 49.1 Å². The van der Waals surface area contributed by atoms with Gasteiger partial charge in [-0.3, -0.25) is 9.59 Å². The fourth-order valence-corrected chi connectivity index (χ4v) is 3.40. The number of carbonyl (C=O) groups is 2. The molecule has 0 saturated carbocycles. The van der Waals surface area contributed by atoms with E-state index in [4.69, 9.17) is 9.47 Å². The van der Waals surface area contributed by atoms with E-state index in [0.717, 1.165) is 21.8 Å². The molecule has 2 rings (SSSR count). The van der Waals surface area contributed by atoms with Gasteiger partial charge >= 0.3 is 5.97 Å². The number of ether oxygens (including phenoxy) is 3. The number of halogens is 1. The van der Waals surface area contributed by atoms with Gasteiger partial charge in [-0.15, -0.1) is 11.3 Å². The van der Waals surface area contributed by atoms with E-state index in [2.05, 4.69) is 20.7 Å². The Labute approximate surface area is 153 Å². The summed E-state index contributed by atoms with van der Waals surface area (Å²) in [7, 11) is 2.91. The summed E-state index contributed by atoms with van der Waals surface area (Å²) in [5.74, 6) is 0.862. The van der Waals surface area contributed by atoms with Crippen molar-refractivity contribution in [3.05, 3.63) is 23.1 Å². The number of hydrogen-bond acceptors (Lipinski definition) is 6. The highest BCUT2D eigenvalue weighted by Gasteiger charge is 2.15. The number of methoxy groups -OCH3 is 2. The topological polar surface area (TPSA) is 61.8 Å². The van der Waals surface area contributed by atoms with Crippen molar-refractivity contribution in [2.24, 2.45) is 0 Å². The quantitative estimate of drug-likeness (QED) is 0.266. The SMILES string of the molecule is COC(=O)CCC(=O)c1cc2cc(OCCCBr)c(OC)cc2s1. The van der Waals surface area contributed by atoms with Gasteiger partial charge in [-0.25, -0.2) is 0 Å². The highest BCUT2D eigenvalue weighted by Crippen LogP contribution is 2.37. The Balaban J connectivity index is 2.20. The Morgan fingerprint density at radius 1 is 1.12 bits per heavy atom. The number of alkyl halides is 1. The third kappa shape index (κ3) is 4.70. The van der Waals surface area contributed by atoms with Gasteiger partial charge in [0.25, 0.3) is 0 Å². The molecule has 1 aromatic heterocycles. The molecule has 0 atom stereocenters. The lowest BCUT2D eigenvalue weighted by Gasteiger charge is -2.10. The lowest BCUT2D eigenvalue weighted by Crippen LogP contribution is -2.04. The second-order valence-corrected chi connectivity index (χ2v) is 6.92. The van der Waals surface area contributed by atoms with Gasteiger partial charge in [0.15, 0.2) is 17.3 Å². The highest BCUT2D eigenvalue weighted by atomic mass is 79.9. The fourth-order valence-electron chi connectivity index (χ4n) is 2.13. The Kier molecular flexibility index (Phi) is 7.05. The van der Waals surface area contributed by atoms with E-state index in [9.17, 15) is 9.59 Å². The van der Waals surface area contributed by atoms with Crippen LogP contribution in [0.4, 0.5) is 0 Å². The van der Waals surface area contributed by atoms with Crippen molar-refractivity contribution in [2.45, 2.75) is 19.3 Å². The zero-order valence-corrected chi connectivity index (χ0v) is 16.0. The summed E-state index contributed by atoms with van der Waals surface area (Å²) in [4.78, 5) is 24.0. The van der Waals surface area contributed by atoms with Crippen LogP contribution in [0.2, 0.25) is 0 Å². The van der Waals surface area contributed by atoms with Gasteiger partial charge in [0.2, 0.25) is 0 Å². The highest BCUT2D eigenvalue weighted by molar-refractivity contribution is 9.09. The minimum absolute atomic E-state index is 0.0673. The predicted octanol–water partition coefficient (Wildman–Crippen LogP) is 4.21. The van der Waals surface area contributed by atoms with E-state index in [1.165, 1.54) is 18.4 Å². The number of carbonyl (C=O) groups excluding carboxylic acids is 2. The van der Waals surface area contributed by atoms with Crippen LogP contribution in [0.15, 0.2) is 18.2 Å². The minimum Gasteiger partial charge on any atom is -0.493 e. The standard InChI is InChI=1S/C17H19BrO5S/c1-21-13-10-15-11(8-14(13)23-7-3-6-18)9-16(24-15)12(19)4-5-17(20)22-2/h8-10H,3-7H2,1-2H3. The average molecular weight is 415 g/mol. The Bertz CT molecular complexity index is 725. The maximum absolute atomic E-state index is 12.2. The number of benzene rings is 1. The van der Waals surface area contributed by atoms with Crippen molar-refractivity contribution in [1.29, 1.82) is 0 Å². The molecule has 24 heavy (non-hydrogen) atoms. The molecule has 0 bridgehead atoms. The van der Waals surface area contributed by atoms with E-state index in [1.807, 2.05) is 18.2 Å². The van der Waals surface area contributed by atoms with Crippen molar-refractivity contribution in [1.82, 2.24) is 0 Å². The second kappa shape index (κ2) is 9.03. The number of rotatable bonds is 9. The lowest BCUT2D eigenvalue weighted by molar-refractivity contribution is -0.140. The summed E-state index contributed by atoms with van der Waals surface area (Å²) >= 11 is 4.75. The maximum atomic E-state index is 12.2. The van der Waals surface area contributed by atoms with Crippen LogP contribution in [-0.2, 0) is 9.53 Å². The van der Waals surface area contributed by atoms with Crippen molar-refractivity contribution < 1.29 is 23.8 Å². The molecular formula is C17H19BrO5S. The van der Waals surface area contributed by atoms with Gasteiger partial charge in [-0.05, 0) is 23.9 Å². The summed E-state index contributed by atoms with van der Waals surface area (Å²) in [6, 6.07) is 5.59. The summed E-state index contributed by atoms with van der Waals surface area (Å²) in [6.07, 6.45) is 1.13. The fraction of sp³-hybridized carbons (Fsp3) is 0.412. The Morgan fingerprint density at radius 3 is 2.58 bits per heavy atom. The predicted molar refractivity (Wildman–Crippen MR) is 97.9 cm³/mol. The van der Waals surface area contributed by atoms with Gasteiger partial charge in [0.05, 0.1) is 32.1 Å². The lowest BCUT2D eigenvalue weighted by atomic mass is 10.1. The molecule has 0 aliphatic carbocycles. The van der Waals surface area contributed by atoms with Crippen molar-refractivity contribution in [3.63, 3.8) is 0 Å². The normalized spacial score (nSPS) is 10.6. The third-order valence-corrected chi connectivity index (χ3v) is 5.10. The summed E-state index contributed by atoms with van der Waals surface area (Å²) in [6.45, 7) is 0.585. The number of esters is 1. The van der Waals surface area contributed by atoms with Crippen LogP contribution in [0.3, 0.4) is 0 Å². The first-order valence-electron chi connectivity index (χ1n) is 7.49. The molecule has 2 aromatic rings. The Morgan fingerprint density at radius 2 is 1.92 bits per heavy atom. The summed E-state index contributed by atoms with van der Waals surface area (Å²) in [5, 5.41) is 1.80. The molecule has 0 aliphatic rings. The molecule has 0 amide bonds. The van der Waals surface area contributed by atoms with Crippen molar-refractivity contribution in [3.8, 4) is 11.5 Å². The summed E-state index contributed by atoms with van der Waals surface area (Å²) in [5.41, 5.74) is 0. The van der Waals surface area contributed by atoms with Gasteiger partial charge < -0.3 is 14.2 Å². The molecule has 5 nitrogen and oxygen atoms in total. The summed E-state index contributed by atoms with van der Waals surface area (Å²) < 4.78 is 16.6. The first kappa shape index (κ1) is 18.7. The molecule has 7 heteroatoms. The molecule has 0 radical (unpaired) electrons. The molecule has 0 unspecified atom stereocenters. The van der Waals surface area contributed by atoms with Gasteiger partial charge in [0, 0.05) is 22.5 Å². The van der Waals surface area contributed by atoms with Gasteiger partial charge in [-0.1, -0.05) is 15.9 Å². The second-order valence-electron chi connectivity index (χ2n) is 5.04. The van der Waals surface area contributed by atoms with E-state index in [-0.39, 0.29) is 24.6 Å². The van der Waals surface area contributed by atoms with Crippen LogP contribution in [0.25, 0.3) is 10.1 Å². The first-order valence-corrected chi connectivity index (χ1v) is 9.43. The molecule has 0 aliphatic heterocycles. The third-order valence-electron chi connectivity index (χ3n) is 3.40. The molecular weight excluding hydrogens is 396 g/mol.